The standard InChI is InChI=1S/C12H18F12N2O8S4Si/c1-39(2,7-3-5-25(35(27,28)9(13,14)15)36(29,30)10(16,17)18)8-4-6-26(37(31,32)11(19,20)21)38(33,34)12(22,23)24/h3-8H2,1-2H3. The summed E-state index contributed by atoms with van der Waals surface area (Å²) in [5.41, 5.74) is -26.0. The van der Waals surface area contributed by atoms with E-state index in [0.717, 1.165) is 13.1 Å². The summed E-state index contributed by atoms with van der Waals surface area (Å²) in [4.78, 5) is 0. The van der Waals surface area contributed by atoms with Gasteiger partial charge in [-0.2, -0.15) is 52.7 Å². The van der Waals surface area contributed by atoms with Crippen LogP contribution in [-0.4, -0.2) is 84.3 Å². The Balaban J connectivity index is 5.87. The maximum atomic E-state index is 12.8. The molecule has 0 spiro atoms. The van der Waals surface area contributed by atoms with Crippen LogP contribution in [0.25, 0.3) is 0 Å². The third-order valence-corrected chi connectivity index (χ3v) is 15.6. The van der Waals surface area contributed by atoms with Crippen molar-refractivity contribution in [3.05, 3.63) is 0 Å². The van der Waals surface area contributed by atoms with Gasteiger partial charge in [0, 0.05) is 21.2 Å². The van der Waals surface area contributed by atoms with Crippen molar-refractivity contribution >= 4 is 48.2 Å². The lowest BCUT2D eigenvalue weighted by Crippen LogP contribution is -2.50. The molecule has 0 aromatic carbocycles. The van der Waals surface area contributed by atoms with Crippen LogP contribution in [0.15, 0.2) is 0 Å². The number of hydrogen-bond donors (Lipinski definition) is 0. The number of hydrogen-bond acceptors (Lipinski definition) is 8. The number of nitrogens with zero attached hydrogens (tertiary/aromatic N) is 2. The quantitative estimate of drug-likeness (QED) is 0.222. The lowest BCUT2D eigenvalue weighted by atomic mass is 10.5. The molecule has 0 rings (SSSR count). The fourth-order valence-corrected chi connectivity index (χ4v) is 10.7. The molecule has 0 atom stereocenters. The summed E-state index contributed by atoms with van der Waals surface area (Å²) in [7, 11) is -31.6. The molecule has 0 bridgehead atoms. The van der Waals surface area contributed by atoms with Crippen molar-refractivity contribution in [3.63, 3.8) is 0 Å². The smallest absolute Gasteiger partial charge is 0.202 e. The van der Waals surface area contributed by atoms with Crippen LogP contribution in [0.1, 0.15) is 12.8 Å². The zero-order valence-corrected chi connectivity index (χ0v) is 23.3. The Labute approximate surface area is 215 Å². The van der Waals surface area contributed by atoms with E-state index in [1.54, 1.807) is 0 Å². The molecular weight excluding hydrogens is 684 g/mol. The van der Waals surface area contributed by atoms with Crippen LogP contribution in [0.5, 0.6) is 0 Å². The van der Waals surface area contributed by atoms with Crippen LogP contribution in [0, 0.1) is 0 Å². The maximum absolute atomic E-state index is 12.8. The average molecular weight is 703 g/mol. The van der Waals surface area contributed by atoms with Gasteiger partial charge in [0.25, 0.3) is 0 Å². The van der Waals surface area contributed by atoms with Crippen molar-refractivity contribution < 1.29 is 86.4 Å². The number of halogens is 12. The summed E-state index contributed by atoms with van der Waals surface area (Å²) >= 11 is 0. The van der Waals surface area contributed by atoms with Gasteiger partial charge in [0.2, 0.25) is 0 Å². The molecule has 0 aromatic rings. The van der Waals surface area contributed by atoms with Gasteiger partial charge in [-0.3, -0.25) is 0 Å². The third kappa shape index (κ3) is 8.55. The first-order valence-corrected chi connectivity index (χ1v) is 18.7. The van der Waals surface area contributed by atoms with Crippen LogP contribution >= 0.6 is 0 Å². The largest absolute Gasteiger partial charge is 0.512 e. The highest BCUT2D eigenvalue weighted by Gasteiger charge is 2.62. The molecule has 0 aliphatic heterocycles. The highest BCUT2D eigenvalue weighted by Crippen LogP contribution is 2.37. The monoisotopic (exact) mass is 702 g/mol. The van der Waals surface area contributed by atoms with E-state index in [2.05, 4.69) is 0 Å². The lowest BCUT2D eigenvalue weighted by molar-refractivity contribution is -0.0541. The van der Waals surface area contributed by atoms with E-state index in [9.17, 15) is 86.4 Å². The van der Waals surface area contributed by atoms with Crippen LogP contribution in [0.4, 0.5) is 52.7 Å². The maximum Gasteiger partial charge on any atom is 0.512 e. The summed E-state index contributed by atoms with van der Waals surface area (Å²) in [6.07, 6.45) is -2.09. The number of alkyl halides is 12. The molecule has 0 N–H and O–H groups in total. The Hall–Kier alpha value is -0.903. The van der Waals surface area contributed by atoms with Crippen molar-refractivity contribution in [2.75, 3.05) is 13.1 Å². The second kappa shape index (κ2) is 11.4. The summed E-state index contributed by atoms with van der Waals surface area (Å²) < 4.78 is 241. The molecule has 0 fully saturated rings. The molecular formula is C12H18F12N2O8S4Si. The van der Waals surface area contributed by atoms with Gasteiger partial charge in [-0.05, 0) is 12.8 Å². The van der Waals surface area contributed by atoms with Crippen LogP contribution < -0.4 is 0 Å². The summed E-state index contributed by atoms with van der Waals surface area (Å²) in [5, 5.41) is 0. The van der Waals surface area contributed by atoms with Gasteiger partial charge in [-0.15, -0.1) is 0 Å². The Morgan fingerprint density at radius 3 is 0.795 bits per heavy atom. The molecule has 0 aliphatic rings. The highest BCUT2D eigenvalue weighted by molar-refractivity contribution is 8.05. The zero-order valence-electron chi connectivity index (χ0n) is 19.1. The zero-order chi connectivity index (χ0) is 31.9. The predicted octanol–water partition coefficient (Wildman–Crippen LogP) is 3.48. The third-order valence-electron chi connectivity index (χ3n) is 4.63. The number of rotatable bonds is 12. The first kappa shape index (κ1) is 38.1. The van der Waals surface area contributed by atoms with E-state index in [1.165, 1.54) is 0 Å². The first-order valence-electron chi connectivity index (χ1n) is 9.49. The van der Waals surface area contributed by atoms with Crippen molar-refractivity contribution in [2.24, 2.45) is 0 Å². The Bertz CT molecular complexity index is 1110. The van der Waals surface area contributed by atoms with E-state index in [4.69, 9.17) is 0 Å². The normalized spacial score (nSPS) is 15.8. The SMILES string of the molecule is C[Si](C)(CCCN(S(=O)(=O)C(F)(F)F)S(=O)(=O)C(F)(F)F)CCCN(S(=O)(=O)C(F)(F)F)S(=O)(=O)C(F)(F)F. The van der Waals surface area contributed by atoms with E-state index in [0.29, 0.717) is 0 Å². The molecule has 0 unspecified atom stereocenters. The van der Waals surface area contributed by atoms with E-state index in [1.807, 2.05) is 0 Å². The van der Waals surface area contributed by atoms with Gasteiger partial charge in [-0.1, -0.05) is 32.6 Å². The number of sulfonamides is 4. The van der Waals surface area contributed by atoms with Gasteiger partial charge in [0.05, 0.1) is 0 Å². The highest BCUT2D eigenvalue weighted by atomic mass is 32.3. The minimum Gasteiger partial charge on any atom is -0.202 e. The predicted molar refractivity (Wildman–Crippen MR) is 110 cm³/mol. The summed E-state index contributed by atoms with van der Waals surface area (Å²) in [5.74, 6) is 0. The minimum atomic E-state index is -7.10. The van der Waals surface area contributed by atoms with Crippen molar-refractivity contribution in [1.82, 2.24) is 7.42 Å². The van der Waals surface area contributed by atoms with Gasteiger partial charge >= 0.3 is 62.1 Å². The molecule has 39 heavy (non-hydrogen) atoms. The second-order valence-electron chi connectivity index (χ2n) is 8.17. The van der Waals surface area contributed by atoms with Gasteiger partial charge < -0.3 is 0 Å². The van der Waals surface area contributed by atoms with Crippen LogP contribution in [0.2, 0.25) is 25.2 Å². The van der Waals surface area contributed by atoms with Crippen LogP contribution in [-0.2, 0) is 40.1 Å². The van der Waals surface area contributed by atoms with Crippen molar-refractivity contribution in [1.29, 1.82) is 0 Å². The van der Waals surface area contributed by atoms with Crippen molar-refractivity contribution in [2.45, 2.75) is 60.1 Å². The Kier molecular flexibility index (Phi) is 11.1. The molecule has 236 valence electrons. The molecule has 27 heteroatoms. The topological polar surface area (TPSA) is 143 Å². The minimum absolute atomic E-state index is 0.595. The first-order chi connectivity index (χ1) is 16.7. The lowest BCUT2D eigenvalue weighted by Gasteiger charge is -2.28. The van der Waals surface area contributed by atoms with Crippen molar-refractivity contribution in [3.8, 4) is 0 Å². The van der Waals surface area contributed by atoms with Gasteiger partial charge in [-0.25, -0.2) is 33.7 Å². The van der Waals surface area contributed by atoms with E-state index < -0.39 is 116 Å². The van der Waals surface area contributed by atoms with E-state index in [-0.39, 0.29) is 0 Å². The molecule has 0 saturated carbocycles. The molecule has 10 nitrogen and oxygen atoms in total. The average Bonchev–Trinajstić information content (AvgIpc) is 2.64. The summed E-state index contributed by atoms with van der Waals surface area (Å²) in [6.45, 7) is -1.52. The Morgan fingerprint density at radius 2 is 0.641 bits per heavy atom. The fraction of sp³-hybridized carbons (Fsp3) is 1.00. The molecule has 0 aliphatic carbocycles. The van der Waals surface area contributed by atoms with Crippen LogP contribution in [0.3, 0.4) is 0 Å². The second-order valence-corrected chi connectivity index (χ2v) is 21.4. The van der Waals surface area contributed by atoms with Gasteiger partial charge in [0.15, 0.2) is 0 Å². The van der Waals surface area contributed by atoms with Gasteiger partial charge in [0.1, 0.15) is 0 Å². The molecule has 0 aromatic heterocycles. The summed E-state index contributed by atoms with van der Waals surface area (Å²) in [6, 6.07) is -1.19. The molecule has 0 amide bonds. The molecule has 0 heterocycles. The fourth-order valence-electron chi connectivity index (χ4n) is 2.70. The van der Waals surface area contributed by atoms with E-state index >= 15 is 0 Å². The molecule has 0 radical (unpaired) electrons. The molecule has 0 saturated heterocycles. The Morgan fingerprint density at radius 1 is 0.462 bits per heavy atom.